The van der Waals surface area contributed by atoms with Crippen molar-refractivity contribution >= 4 is 11.6 Å². The first-order valence-corrected chi connectivity index (χ1v) is 7.85. The molecule has 2 aromatic rings. The molecule has 0 aromatic heterocycles. The Hall–Kier alpha value is -2.76. The summed E-state index contributed by atoms with van der Waals surface area (Å²) in [6, 6.07) is 11.7. The van der Waals surface area contributed by atoms with Crippen molar-refractivity contribution in [3.8, 4) is 11.5 Å². The van der Waals surface area contributed by atoms with Gasteiger partial charge in [0.05, 0.1) is 0 Å². The lowest BCUT2D eigenvalue weighted by Crippen LogP contribution is -2.24. The maximum atomic E-state index is 12.8. The van der Waals surface area contributed by atoms with E-state index in [0.717, 1.165) is 17.0 Å². The Morgan fingerprint density at radius 2 is 1.79 bits per heavy atom. The van der Waals surface area contributed by atoms with Crippen LogP contribution in [-0.4, -0.2) is 25.7 Å². The summed E-state index contributed by atoms with van der Waals surface area (Å²) in [5.74, 6) is 1.11. The largest absolute Gasteiger partial charge is 0.486 e. The van der Waals surface area contributed by atoms with Crippen LogP contribution in [0, 0.1) is 5.82 Å². The monoisotopic (exact) mass is 330 g/mol. The van der Waals surface area contributed by atoms with Crippen LogP contribution in [0.2, 0.25) is 0 Å². The van der Waals surface area contributed by atoms with E-state index >= 15 is 0 Å². The van der Waals surface area contributed by atoms with E-state index in [2.05, 4.69) is 10.6 Å². The summed E-state index contributed by atoms with van der Waals surface area (Å²) in [6.45, 7) is 2.01. The average molecular weight is 330 g/mol. The minimum atomic E-state index is -0.284. The molecule has 1 heterocycles. The van der Waals surface area contributed by atoms with E-state index in [0.29, 0.717) is 38.5 Å². The molecule has 1 aliphatic rings. The van der Waals surface area contributed by atoms with Gasteiger partial charge in [0.15, 0.2) is 11.5 Å². The number of halogens is 1. The molecule has 0 atom stereocenters. The maximum Gasteiger partial charge on any atom is 0.222 e. The van der Waals surface area contributed by atoms with Gasteiger partial charge in [0.2, 0.25) is 5.91 Å². The Labute approximate surface area is 139 Å². The van der Waals surface area contributed by atoms with E-state index in [1.165, 1.54) is 12.1 Å². The standard InChI is InChI=1S/C18H19FN2O3/c19-14-3-1-13(2-4-14)12-21-18(22)7-8-20-15-5-6-16-17(11-15)24-10-9-23-16/h1-6,11,20H,7-10,12H2,(H,21,22). The van der Waals surface area contributed by atoms with Crippen molar-refractivity contribution < 1.29 is 18.7 Å². The van der Waals surface area contributed by atoms with Crippen molar-refractivity contribution in [3.63, 3.8) is 0 Å². The predicted molar refractivity (Wildman–Crippen MR) is 88.8 cm³/mol. The van der Waals surface area contributed by atoms with Crippen molar-refractivity contribution in [2.45, 2.75) is 13.0 Å². The molecule has 0 radical (unpaired) electrons. The zero-order chi connectivity index (χ0) is 16.8. The summed E-state index contributed by atoms with van der Waals surface area (Å²) in [7, 11) is 0. The van der Waals surface area contributed by atoms with Crippen molar-refractivity contribution in [2.75, 3.05) is 25.1 Å². The summed E-state index contributed by atoms with van der Waals surface area (Å²) in [5, 5.41) is 5.99. The Morgan fingerprint density at radius 1 is 1.04 bits per heavy atom. The third-order valence-corrected chi connectivity index (χ3v) is 3.63. The van der Waals surface area contributed by atoms with Crippen molar-refractivity contribution in [3.05, 3.63) is 53.8 Å². The van der Waals surface area contributed by atoms with Crippen LogP contribution in [0.3, 0.4) is 0 Å². The highest BCUT2D eigenvalue weighted by Gasteiger charge is 2.11. The molecule has 1 aliphatic heterocycles. The lowest BCUT2D eigenvalue weighted by molar-refractivity contribution is -0.121. The van der Waals surface area contributed by atoms with Crippen LogP contribution in [0.15, 0.2) is 42.5 Å². The number of carbonyl (C=O) groups excluding carboxylic acids is 1. The van der Waals surface area contributed by atoms with Crippen molar-refractivity contribution in [1.82, 2.24) is 5.32 Å². The highest BCUT2D eigenvalue weighted by atomic mass is 19.1. The molecule has 0 unspecified atom stereocenters. The van der Waals surface area contributed by atoms with E-state index in [9.17, 15) is 9.18 Å². The Bertz CT molecular complexity index is 704. The van der Waals surface area contributed by atoms with Gasteiger partial charge in [-0.25, -0.2) is 4.39 Å². The smallest absolute Gasteiger partial charge is 0.222 e. The first-order chi connectivity index (χ1) is 11.7. The van der Waals surface area contributed by atoms with Gasteiger partial charge in [-0.1, -0.05) is 12.1 Å². The fourth-order valence-corrected chi connectivity index (χ4v) is 2.36. The number of benzene rings is 2. The summed E-state index contributed by atoms with van der Waals surface area (Å²) >= 11 is 0. The topological polar surface area (TPSA) is 59.6 Å². The molecular formula is C18H19FN2O3. The van der Waals surface area contributed by atoms with Gasteiger partial charge in [0.1, 0.15) is 19.0 Å². The molecule has 0 saturated heterocycles. The number of hydrogen-bond acceptors (Lipinski definition) is 4. The lowest BCUT2D eigenvalue weighted by atomic mass is 10.2. The quantitative estimate of drug-likeness (QED) is 0.855. The summed E-state index contributed by atoms with van der Waals surface area (Å²) in [5.41, 5.74) is 1.75. The van der Waals surface area contributed by atoms with E-state index < -0.39 is 0 Å². The number of fused-ring (bicyclic) bond motifs is 1. The Morgan fingerprint density at radius 3 is 2.58 bits per heavy atom. The molecule has 126 valence electrons. The molecule has 0 bridgehead atoms. The molecule has 2 aromatic carbocycles. The second-order valence-corrected chi connectivity index (χ2v) is 5.44. The fraction of sp³-hybridized carbons (Fsp3) is 0.278. The average Bonchev–Trinajstić information content (AvgIpc) is 2.61. The molecule has 1 amide bonds. The Kier molecular flexibility index (Phi) is 5.15. The van der Waals surface area contributed by atoms with Gasteiger partial charge in [-0.15, -0.1) is 0 Å². The van der Waals surface area contributed by atoms with Gasteiger partial charge in [-0.2, -0.15) is 0 Å². The lowest BCUT2D eigenvalue weighted by Gasteiger charge is -2.19. The molecule has 2 N–H and O–H groups in total. The van der Waals surface area contributed by atoms with Crippen LogP contribution in [0.25, 0.3) is 0 Å². The minimum Gasteiger partial charge on any atom is -0.486 e. The summed E-state index contributed by atoms with van der Waals surface area (Å²) in [4.78, 5) is 11.8. The molecule has 5 nitrogen and oxygen atoms in total. The van der Waals surface area contributed by atoms with Crippen LogP contribution in [0.5, 0.6) is 11.5 Å². The minimum absolute atomic E-state index is 0.0654. The highest BCUT2D eigenvalue weighted by Crippen LogP contribution is 2.32. The molecule has 0 saturated carbocycles. The van der Waals surface area contributed by atoms with Crippen molar-refractivity contribution in [1.29, 1.82) is 0 Å². The summed E-state index contributed by atoms with van der Waals surface area (Å²) in [6.07, 6.45) is 0.343. The molecule has 0 fully saturated rings. The maximum absolute atomic E-state index is 12.8. The number of rotatable bonds is 6. The molecule has 0 aliphatic carbocycles. The van der Waals surface area contributed by atoms with Crippen LogP contribution >= 0.6 is 0 Å². The number of nitrogens with one attached hydrogen (secondary N) is 2. The first kappa shape index (κ1) is 16.1. The van der Waals surface area contributed by atoms with E-state index in [1.807, 2.05) is 18.2 Å². The molecule has 0 spiro atoms. The SMILES string of the molecule is O=C(CCNc1ccc2c(c1)OCCO2)NCc1ccc(F)cc1. The van der Waals surface area contributed by atoms with Gasteiger partial charge in [0.25, 0.3) is 0 Å². The normalized spacial score (nSPS) is 12.5. The van der Waals surface area contributed by atoms with Crippen molar-refractivity contribution in [2.24, 2.45) is 0 Å². The van der Waals surface area contributed by atoms with E-state index in [-0.39, 0.29) is 11.7 Å². The highest BCUT2D eigenvalue weighted by molar-refractivity contribution is 5.76. The predicted octanol–water partition coefficient (Wildman–Crippen LogP) is 2.72. The third kappa shape index (κ3) is 4.38. The van der Waals surface area contributed by atoms with Crippen LogP contribution in [0.4, 0.5) is 10.1 Å². The first-order valence-electron chi connectivity index (χ1n) is 7.85. The zero-order valence-electron chi connectivity index (χ0n) is 13.2. The second-order valence-electron chi connectivity index (χ2n) is 5.44. The number of ether oxygens (including phenoxy) is 2. The van der Waals surface area contributed by atoms with Gasteiger partial charge in [0, 0.05) is 31.3 Å². The number of hydrogen-bond donors (Lipinski definition) is 2. The number of carbonyl (C=O) groups is 1. The van der Waals surface area contributed by atoms with Gasteiger partial charge < -0.3 is 20.1 Å². The molecule has 24 heavy (non-hydrogen) atoms. The molecule has 3 rings (SSSR count). The van der Waals surface area contributed by atoms with Gasteiger partial charge >= 0.3 is 0 Å². The van der Waals surface area contributed by atoms with E-state index in [1.54, 1.807) is 12.1 Å². The Balaban J connectivity index is 1.41. The van der Waals surface area contributed by atoms with Crippen LogP contribution in [-0.2, 0) is 11.3 Å². The molecule has 6 heteroatoms. The molecular weight excluding hydrogens is 311 g/mol. The van der Waals surface area contributed by atoms with Gasteiger partial charge in [-0.3, -0.25) is 4.79 Å². The van der Waals surface area contributed by atoms with Crippen LogP contribution in [0.1, 0.15) is 12.0 Å². The zero-order valence-corrected chi connectivity index (χ0v) is 13.2. The van der Waals surface area contributed by atoms with Gasteiger partial charge in [-0.05, 0) is 29.8 Å². The number of amides is 1. The van der Waals surface area contributed by atoms with E-state index in [4.69, 9.17) is 9.47 Å². The number of anilines is 1. The third-order valence-electron chi connectivity index (χ3n) is 3.63. The fourth-order valence-electron chi connectivity index (χ4n) is 2.36. The summed E-state index contributed by atoms with van der Waals surface area (Å²) < 4.78 is 23.8. The van der Waals surface area contributed by atoms with Crippen LogP contribution < -0.4 is 20.1 Å². The second kappa shape index (κ2) is 7.68.